The summed E-state index contributed by atoms with van der Waals surface area (Å²) in [4.78, 5) is 2.54. The summed E-state index contributed by atoms with van der Waals surface area (Å²) in [5, 5.41) is 4.01. The van der Waals surface area contributed by atoms with Gasteiger partial charge in [-0.2, -0.15) is 5.10 Å². The molecule has 1 aliphatic carbocycles. The smallest absolute Gasteiger partial charge is 0.243 e. The van der Waals surface area contributed by atoms with E-state index in [-0.39, 0.29) is 10.4 Å². The van der Waals surface area contributed by atoms with Gasteiger partial charge in [0.25, 0.3) is 0 Å². The third kappa shape index (κ3) is 2.09. The molecule has 1 aromatic rings. The van der Waals surface area contributed by atoms with Gasteiger partial charge in [0, 0.05) is 31.4 Å². The van der Waals surface area contributed by atoms with Crippen molar-refractivity contribution in [3.8, 4) is 0 Å². The number of nitrogens with one attached hydrogen (secondary N) is 1. The molecule has 1 N–H and O–H groups in total. The standard InChI is InChI=1S/C12H20N4O2S/c1-3-16-8-11(6-13-16)19(17,18)14-9-12-4-10(5-12)7-15(12)2/h6,8,10,14H,3-5,7,9H2,1-2H3. The lowest BCUT2D eigenvalue weighted by molar-refractivity contribution is 0.135. The molecule has 1 saturated carbocycles. The van der Waals surface area contributed by atoms with E-state index >= 15 is 0 Å². The molecule has 0 radical (unpaired) electrons. The number of aromatic nitrogens is 2. The van der Waals surface area contributed by atoms with Crippen LogP contribution in [0, 0.1) is 5.92 Å². The predicted molar refractivity (Wildman–Crippen MR) is 71.2 cm³/mol. The fourth-order valence-corrected chi connectivity index (χ4v) is 4.36. The average Bonchev–Trinajstić information content (AvgIpc) is 2.97. The Bertz CT molecular complexity index is 574. The topological polar surface area (TPSA) is 67.2 Å². The van der Waals surface area contributed by atoms with Crippen molar-refractivity contribution in [3.05, 3.63) is 12.4 Å². The van der Waals surface area contributed by atoms with Gasteiger partial charge in [-0.3, -0.25) is 9.58 Å². The highest BCUT2D eigenvalue weighted by molar-refractivity contribution is 7.89. The van der Waals surface area contributed by atoms with E-state index in [4.69, 9.17) is 0 Å². The third-order valence-electron chi connectivity index (χ3n) is 4.51. The summed E-state index contributed by atoms with van der Waals surface area (Å²) in [6, 6.07) is 0. The number of hydrogen-bond acceptors (Lipinski definition) is 4. The van der Waals surface area contributed by atoms with Gasteiger partial charge in [0.15, 0.2) is 0 Å². The lowest BCUT2D eigenvalue weighted by Gasteiger charge is -2.41. The van der Waals surface area contributed by atoms with E-state index in [0.29, 0.717) is 13.1 Å². The van der Waals surface area contributed by atoms with Crippen LogP contribution in [0.15, 0.2) is 17.3 Å². The molecule has 19 heavy (non-hydrogen) atoms. The first kappa shape index (κ1) is 13.1. The Labute approximate surface area is 113 Å². The van der Waals surface area contributed by atoms with E-state index in [9.17, 15) is 8.42 Å². The minimum absolute atomic E-state index is 0.0541. The van der Waals surface area contributed by atoms with Crippen LogP contribution in [0.2, 0.25) is 0 Å². The number of nitrogens with zero attached hydrogens (tertiary/aromatic N) is 3. The van der Waals surface area contributed by atoms with Crippen LogP contribution in [0.5, 0.6) is 0 Å². The van der Waals surface area contributed by atoms with Crippen molar-refractivity contribution in [1.82, 2.24) is 19.4 Å². The molecule has 7 heteroatoms. The maximum Gasteiger partial charge on any atom is 0.243 e. The van der Waals surface area contributed by atoms with Crippen molar-refractivity contribution in [2.75, 3.05) is 20.1 Å². The highest BCUT2D eigenvalue weighted by Gasteiger charge is 2.54. The molecule has 0 amide bonds. The molecule has 1 aromatic heterocycles. The van der Waals surface area contributed by atoms with Crippen molar-refractivity contribution < 1.29 is 8.42 Å². The van der Waals surface area contributed by atoms with Gasteiger partial charge in [-0.05, 0) is 32.7 Å². The first-order chi connectivity index (χ1) is 8.95. The molecule has 0 aromatic carbocycles. The van der Waals surface area contributed by atoms with Gasteiger partial charge in [0.1, 0.15) is 4.90 Å². The van der Waals surface area contributed by atoms with E-state index in [1.807, 2.05) is 6.92 Å². The van der Waals surface area contributed by atoms with Crippen LogP contribution < -0.4 is 4.72 Å². The highest BCUT2D eigenvalue weighted by Crippen LogP contribution is 2.49. The molecular weight excluding hydrogens is 264 g/mol. The molecule has 0 spiro atoms. The van der Waals surface area contributed by atoms with Crippen molar-refractivity contribution in [2.24, 2.45) is 5.92 Å². The maximum absolute atomic E-state index is 12.2. The Morgan fingerprint density at radius 3 is 2.79 bits per heavy atom. The summed E-state index contributed by atoms with van der Waals surface area (Å²) >= 11 is 0. The van der Waals surface area contributed by atoms with E-state index < -0.39 is 10.0 Å². The summed E-state index contributed by atoms with van der Waals surface area (Å²) in [5.41, 5.74) is 0.0541. The predicted octanol–water partition coefficient (Wildman–Crippen LogP) is 0.275. The Hall–Kier alpha value is -0.920. The van der Waals surface area contributed by atoms with Gasteiger partial charge in [-0.1, -0.05) is 0 Å². The molecule has 4 rings (SSSR count). The largest absolute Gasteiger partial charge is 0.299 e. The van der Waals surface area contributed by atoms with Crippen LogP contribution in [0.25, 0.3) is 0 Å². The first-order valence-corrected chi connectivity index (χ1v) is 8.17. The number of hydrogen-bond donors (Lipinski definition) is 1. The second-order valence-corrected chi connectivity index (χ2v) is 7.50. The zero-order valence-corrected chi connectivity index (χ0v) is 12.2. The molecule has 0 unspecified atom stereocenters. The van der Waals surface area contributed by atoms with E-state index in [0.717, 1.165) is 25.3 Å². The van der Waals surface area contributed by atoms with Crippen LogP contribution in [0.4, 0.5) is 0 Å². The monoisotopic (exact) mass is 284 g/mol. The number of aryl methyl sites for hydroxylation is 1. The summed E-state index contributed by atoms with van der Waals surface area (Å²) in [6.07, 6.45) is 5.20. The normalized spacial score (nSPS) is 30.5. The Morgan fingerprint density at radius 2 is 2.26 bits per heavy atom. The van der Waals surface area contributed by atoms with Gasteiger partial charge in [-0.15, -0.1) is 0 Å². The number of rotatable bonds is 5. The molecule has 2 aliphatic heterocycles. The minimum Gasteiger partial charge on any atom is -0.299 e. The average molecular weight is 284 g/mol. The SMILES string of the molecule is CCn1cc(S(=O)(=O)NCC23CC(CN2C)C3)cn1. The van der Waals surface area contributed by atoms with E-state index in [1.54, 1.807) is 10.9 Å². The molecule has 0 atom stereocenters. The van der Waals surface area contributed by atoms with Crippen molar-refractivity contribution in [2.45, 2.75) is 36.7 Å². The number of sulfonamides is 1. The summed E-state index contributed by atoms with van der Waals surface area (Å²) in [6.45, 7) is 4.19. The Balaban J connectivity index is 1.69. The maximum atomic E-state index is 12.2. The van der Waals surface area contributed by atoms with E-state index in [2.05, 4.69) is 21.8 Å². The molecule has 2 saturated heterocycles. The van der Waals surface area contributed by atoms with Crippen molar-refractivity contribution in [3.63, 3.8) is 0 Å². The molecule has 3 heterocycles. The quantitative estimate of drug-likeness (QED) is 0.843. The van der Waals surface area contributed by atoms with Crippen LogP contribution in [0.1, 0.15) is 19.8 Å². The Kier molecular flexibility index (Phi) is 2.95. The fraction of sp³-hybridized carbons (Fsp3) is 0.750. The number of fused-ring (bicyclic) bond motifs is 1. The van der Waals surface area contributed by atoms with Crippen LogP contribution in [0.3, 0.4) is 0 Å². The third-order valence-corrected chi connectivity index (χ3v) is 5.87. The lowest BCUT2D eigenvalue weighted by Crippen LogP contribution is -2.52. The molecule has 3 fully saturated rings. The second-order valence-electron chi connectivity index (χ2n) is 5.74. The van der Waals surface area contributed by atoms with Crippen molar-refractivity contribution >= 4 is 10.0 Å². The Morgan fingerprint density at radius 1 is 1.53 bits per heavy atom. The highest BCUT2D eigenvalue weighted by atomic mass is 32.2. The zero-order chi connectivity index (χ0) is 13.7. The van der Waals surface area contributed by atoms with E-state index in [1.165, 1.54) is 6.20 Å². The second kappa shape index (κ2) is 4.29. The molecule has 106 valence electrons. The zero-order valence-electron chi connectivity index (χ0n) is 11.3. The van der Waals surface area contributed by atoms with Gasteiger partial charge in [0.05, 0.1) is 6.20 Å². The van der Waals surface area contributed by atoms with Crippen LogP contribution in [-0.2, 0) is 16.6 Å². The van der Waals surface area contributed by atoms with Crippen LogP contribution in [-0.4, -0.2) is 48.8 Å². The number of likely N-dealkylation sites (N-methyl/N-ethyl adjacent to an activating group) is 1. The van der Waals surface area contributed by atoms with Gasteiger partial charge >= 0.3 is 0 Å². The van der Waals surface area contributed by atoms with Crippen molar-refractivity contribution in [1.29, 1.82) is 0 Å². The van der Waals surface area contributed by atoms with Gasteiger partial charge in [-0.25, -0.2) is 13.1 Å². The first-order valence-electron chi connectivity index (χ1n) is 6.68. The van der Waals surface area contributed by atoms with Crippen LogP contribution >= 0.6 is 0 Å². The fourth-order valence-electron chi connectivity index (χ4n) is 3.28. The van der Waals surface area contributed by atoms with Gasteiger partial charge < -0.3 is 0 Å². The summed E-state index contributed by atoms with van der Waals surface area (Å²) in [5.74, 6) is 0.761. The van der Waals surface area contributed by atoms with Gasteiger partial charge in [0.2, 0.25) is 10.0 Å². The summed E-state index contributed by atoms with van der Waals surface area (Å²) < 4.78 is 28.8. The minimum atomic E-state index is -3.43. The molecule has 2 bridgehead atoms. The lowest BCUT2D eigenvalue weighted by atomic mass is 9.73. The molecule has 3 aliphatic rings. The molecular formula is C12H20N4O2S. The summed E-state index contributed by atoms with van der Waals surface area (Å²) in [7, 11) is -1.35. The molecule has 6 nitrogen and oxygen atoms in total.